The van der Waals surface area contributed by atoms with Crippen LogP contribution in [0.1, 0.15) is 27.9 Å². The van der Waals surface area contributed by atoms with Gasteiger partial charge in [-0.2, -0.15) is 0 Å². The number of benzene rings is 4. The van der Waals surface area contributed by atoms with E-state index in [2.05, 4.69) is 120 Å². The molecule has 0 fully saturated rings. The Bertz CT molecular complexity index is 1270. The number of aromatic nitrogens is 2. The lowest BCUT2D eigenvalue weighted by Crippen LogP contribution is -2.36. The number of rotatable bonds is 7. The smallest absolute Gasteiger partial charge is 0.121 e. The molecule has 0 unspecified atom stereocenters. The van der Waals surface area contributed by atoms with Crippen LogP contribution >= 0.6 is 0 Å². The van der Waals surface area contributed by atoms with Gasteiger partial charge in [0.05, 0.1) is 12.0 Å². The Hall–Kier alpha value is -4.43. The summed E-state index contributed by atoms with van der Waals surface area (Å²) in [6.07, 6.45) is 12.3. The van der Waals surface area contributed by atoms with Crippen LogP contribution in [0.5, 0.6) is 0 Å². The van der Waals surface area contributed by atoms with E-state index < -0.39 is 5.54 Å². The Morgan fingerprint density at radius 2 is 0.971 bits per heavy atom. The van der Waals surface area contributed by atoms with Crippen LogP contribution in [0.15, 0.2) is 146 Å². The van der Waals surface area contributed by atoms with E-state index in [0.29, 0.717) is 0 Å². The van der Waals surface area contributed by atoms with Gasteiger partial charge < -0.3 is 4.57 Å². The van der Waals surface area contributed by atoms with Gasteiger partial charge in [0.2, 0.25) is 0 Å². The summed E-state index contributed by atoms with van der Waals surface area (Å²) < 4.78 is 2.23. The molecule has 1 heterocycles. The molecule has 0 saturated carbocycles. The summed E-state index contributed by atoms with van der Waals surface area (Å²) in [5, 5.41) is 0. The minimum Gasteiger partial charge on any atom is -0.318 e. The first-order valence-electron chi connectivity index (χ1n) is 11.5. The van der Waals surface area contributed by atoms with E-state index in [1.807, 2.05) is 42.8 Å². The fourth-order valence-electron chi connectivity index (χ4n) is 4.48. The Labute approximate surface area is 201 Å². The van der Waals surface area contributed by atoms with Crippen molar-refractivity contribution >= 4 is 12.2 Å². The van der Waals surface area contributed by atoms with Crippen LogP contribution in [0.2, 0.25) is 0 Å². The van der Waals surface area contributed by atoms with Crippen LogP contribution in [0.3, 0.4) is 0 Å². The lowest BCUT2D eigenvalue weighted by molar-refractivity contribution is 0.514. The molecule has 1 aromatic heterocycles. The molecule has 0 aliphatic heterocycles. The molecule has 0 bridgehead atoms. The van der Waals surface area contributed by atoms with Gasteiger partial charge in [0, 0.05) is 6.20 Å². The highest BCUT2D eigenvalue weighted by atomic mass is 15.1. The number of allylic oxidation sites excluding steroid dienone is 2. The minimum absolute atomic E-state index is 0.539. The maximum Gasteiger partial charge on any atom is 0.121 e. The summed E-state index contributed by atoms with van der Waals surface area (Å²) in [7, 11) is 0. The average Bonchev–Trinajstić information content (AvgIpc) is 3.39. The lowest BCUT2D eigenvalue weighted by Gasteiger charge is -2.37. The molecule has 4 aromatic carbocycles. The van der Waals surface area contributed by atoms with Crippen LogP contribution < -0.4 is 0 Å². The first-order valence-corrected chi connectivity index (χ1v) is 11.5. The summed E-state index contributed by atoms with van der Waals surface area (Å²) in [6, 6.07) is 42.2. The van der Waals surface area contributed by atoms with Crippen molar-refractivity contribution in [3.63, 3.8) is 0 Å². The van der Waals surface area contributed by atoms with Crippen molar-refractivity contribution in [1.29, 1.82) is 0 Å². The molecule has 5 aromatic rings. The Morgan fingerprint density at radius 1 is 0.529 bits per heavy atom. The molecule has 2 nitrogen and oxygen atoms in total. The van der Waals surface area contributed by atoms with E-state index in [4.69, 9.17) is 4.98 Å². The second-order valence-electron chi connectivity index (χ2n) is 8.14. The first-order chi connectivity index (χ1) is 16.9. The number of hydrogen-bond acceptors (Lipinski definition) is 1. The maximum atomic E-state index is 4.75. The summed E-state index contributed by atoms with van der Waals surface area (Å²) in [5.41, 5.74) is 5.10. The van der Waals surface area contributed by atoms with E-state index in [0.717, 1.165) is 5.69 Å². The third-order valence-electron chi connectivity index (χ3n) is 6.03. The zero-order chi connectivity index (χ0) is 23.1. The van der Waals surface area contributed by atoms with E-state index >= 15 is 0 Å². The van der Waals surface area contributed by atoms with Crippen molar-refractivity contribution in [2.24, 2.45) is 0 Å². The highest BCUT2D eigenvalue weighted by Gasteiger charge is 2.38. The highest BCUT2D eigenvalue weighted by Crippen LogP contribution is 2.40. The van der Waals surface area contributed by atoms with Gasteiger partial charge in [0.15, 0.2) is 0 Å². The predicted molar refractivity (Wildman–Crippen MR) is 141 cm³/mol. The molecule has 0 aliphatic rings. The second kappa shape index (κ2) is 10.0. The van der Waals surface area contributed by atoms with Gasteiger partial charge in [0.1, 0.15) is 5.54 Å². The zero-order valence-electron chi connectivity index (χ0n) is 18.9. The second-order valence-corrected chi connectivity index (χ2v) is 8.14. The third kappa shape index (κ3) is 4.26. The highest BCUT2D eigenvalue weighted by molar-refractivity contribution is 5.56. The van der Waals surface area contributed by atoms with Crippen molar-refractivity contribution in [1.82, 2.24) is 9.55 Å². The summed E-state index contributed by atoms with van der Waals surface area (Å²) in [5.74, 6) is 0. The lowest BCUT2D eigenvalue weighted by atomic mass is 9.77. The Morgan fingerprint density at radius 3 is 1.47 bits per heavy atom. The fraction of sp³-hybridized carbons (Fsp3) is 0.0312. The SMILES string of the molecule is C(/C=C/c1cn(C(c2ccccc2)(c2ccccc2)c2ccccc2)cn1)=C\c1ccccc1. The predicted octanol–water partition coefficient (Wildman–Crippen LogP) is 7.45. The van der Waals surface area contributed by atoms with Crippen molar-refractivity contribution in [2.45, 2.75) is 5.54 Å². The van der Waals surface area contributed by atoms with Crippen molar-refractivity contribution in [3.8, 4) is 0 Å². The molecule has 0 N–H and O–H groups in total. The first kappa shape index (κ1) is 21.4. The topological polar surface area (TPSA) is 17.8 Å². The average molecular weight is 439 g/mol. The van der Waals surface area contributed by atoms with Crippen molar-refractivity contribution in [2.75, 3.05) is 0 Å². The van der Waals surface area contributed by atoms with E-state index in [1.54, 1.807) is 0 Å². The van der Waals surface area contributed by atoms with E-state index in [1.165, 1.54) is 22.3 Å². The van der Waals surface area contributed by atoms with Crippen LogP contribution in [0, 0.1) is 0 Å². The largest absolute Gasteiger partial charge is 0.318 e. The van der Waals surface area contributed by atoms with Crippen LogP contribution in [0.25, 0.3) is 12.2 Å². The Kier molecular flexibility index (Phi) is 6.31. The number of imidazole rings is 1. The van der Waals surface area contributed by atoms with Crippen LogP contribution in [-0.2, 0) is 5.54 Å². The molecule has 164 valence electrons. The fourth-order valence-corrected chi connectivity index (χ4v) is 4.48. The molecular formula is C32H26N2. The molecule has 0 radical (unpaired) electrons. The van der Waals surface area contributed by atoms with Crippen LogP contribution in [0.4, 0.5) is 0 Å². The number of hydrogen-bond donors (Lipinski definition) is 0. The normalized spacial score (nSPS) is 11.9. The van der Waals surface area contributed by atoms with Crippen molar-refractivity contribution < 1.29 is 0 Å². The maximum absolute atomic E-state index is 4.75. The van der Waals surface area contributed by atoms with Gasteiger partial charge in [-0.15, -0.1) is 0 Å². The molecule has 5 rings (SSSR count). The summed E-state index contributed by atoms with van der Waals surface area (Å²) in [6.45, 7) is 0. The minimum atomic E-state index is -0.539. The van der Waals surface area contributed by atoms with Gasteiger partial charge in [-0.1, -0.05) is 140 Å². The van der Waals surface area contributed by atoms with Crippen LogP contribution in [-0.4, -0.2) is 9.55 Å². The third-order valence-corrected chi connectivity index (χ3v) is 6.03. The molecular weight excluding hydrogens is 412 g/mol. The van der Waals surface area contributed by atoms with Gasteiger partial charge >= 0.3 is 0 Å². The molecule has 2 heteroatoms. The molecule has 0 aliphatic carbocycles. The van der Waals surface area contributed by atoms with Gasteiger partial charge in [-0.25, -0.2) is 4.98 Å². The quantitative estimate of drug-likeness (QED) is 0.191. The van der Waals surface area contributed by atoms with Gasteiger partial charge in [0.25, 0.3) is 0 Å². The van der Waals surface area contributed by atoms with E-state index in [9.17, 15) is 0 Å². The van der Waals surface area contributed by atoms with Crippen molar-refractivity contribution in [3.05, 3.63) is 174 Å². The van der Waals surface area contributed by atoms with E-state index in [-0.39, 0.29) is 0 Å². The molecule has 0 spiro atoms. The summed E-state index contributed by atoms with van der Waals surface area (Å²) >= 11 is 0. The monoisotopic (exact) mass is 438 g/mol. The molecule has 0 atom stereocenters. The molecule has 0 saturated heterocycles. The van der Waals surface area contributed by atoms with Gasteiger partial charge in [-0.05, 0) is 28.3 Å². The zero-order valence-corrected chi connectivity index (χ0v) is 18.9. The molecule has 0 amide bonds. The Balaban J connectivity index is 1.60. The van der Waals surface area contributed by atoms with Gasteiger partial charge in [-0.3, -0.25) is 0 Å². The standard InChI is InChI=1S/C32H26N2/c1-5-15-27(16-6-1)17-13-14-24-31-25-34(26-33-31)32(28-18-7-2-8-19-28,29-20-9-3-10-21-29)30-22-11-4-12-23-30/h1-26H/b17-13+,24-14+. The molecule has 34 heavy (non-hydrogen) atoms. The number of nitrogens with zero attached hydrogens (tertiary/aromatic N) is 2. The summed E-state index contributed by atoms with van der Waals surface area (Å²) in [4.78, 5) is 4.75.